The predicted molar refractivity (Wildman–Crippen MR) is 43.8 cm³/mol. The van der Waals surface area contributed by atoms with E-state index >= 15 is 0 Å². The van der Waals surface area contributed by atoms with Crippen LogP contribution in [-0.4, -0.2) is 11.2 Å². The van der Waals surface area contributed by atoms with Gasteiger partial charge in [0.1, 0.15) is 0 Å². The van der Waals surface area contributed by atoms with Gasteiger partial charge < -0.3 is 5.11 Å². The summed E-state index contributed by atoms with van der Waals surface area (Å²) in [7, 11) is 0. The molecule has 0 amide bonds. The predicted octanol–water partition coefficient (Wildman–Crippen LogP) is 2.06. The van der Waals surface area contributed by atoms with Gasteiger partial charge in [0.2, 0.25) is 0 Å². The van der Waals surface area contributed by atoms with Crippen molar-refractivity contribution in [1.82, 2.24) is 0 Å². The number of hydrogen-bond donors (Lipinski definition) is 1. The van der Waals surface area contributed by atoms with Crippen LogP contribution in [0, 0.1) is 11.8 Å². The molecule has 2 heteroatoms. The molecule has 56 valence electrons. The molecule has 2 aliphatic carbocycles. The molecule has 2 aliphatic rings. The van der Waals surface area contributed by atoms with Gasteiger partial charge in [0, 0.05) is 4.48 Å². The van der Waals surface area contributed by atoms with Gasteiger partial charge in [0.15, 0.2) is 0 Å². The average Bonchev–Trinajstić information content (AvgIpc) is 2.29. The third-order valence-electron chi connectivity index (χ3n) is 2.64. The Morgan fingerprint density at radius 2 is 2.30 bits per heavy atom. The molecule has 3 atom stereocenters. The van der Waals surface area contributed by atoms with Crippen LogP contribution >= 0.6 is 15.9 Å². The molecular formula is C8H11BrO. The molecule has 0 aromatic heterocycles. The Kier molecular flexibility index (Phi) is 1.61. The van der Waals surface area contributed by atoms with Crippen LogP contribution in [0.4, 0.5) is 0 Å². The Hall–Kier alpha value is 0.180. The fraction of sp³-hybridized carbons (Fsp3) is 0.750. The second kappa shape index (κ2) is 2.35. The highest BCUT2D eigenvalue weighted by Gasteiger charge is 2.34. The molecule has 1 saturated carbocycles. The summed E-state index contributed by atoms with van der Waals surface area (Å²) in [5.41, 5.74) is 0. The summed E-state index contributed by atoms with van der Waals surface area (Å²) < 4.78 is 1.02. The summed E-state index contributed by atoms with van der Waals surface area (Å²) in [5.74, 6) is 1.30. The van der Waals surface area contributed by atoms with Crippen LogP contribution < -0.4 is 0 Å². The normalized spacial score (nSPS) is 45.4. The molecule has 10 heavy (non-hydrogen) atoms. The standard InChI is InChI=1S/C8H11BrO/c9-7-4-5-1-2-6(3-5)8(7)10/h4-6,8,10H,1-3H2/t5-,6+,8+/m1/s1. The Morgan fingerprint density at radius 3 is 3.10 bits per heavy atom. The Bertz CT molecular complexity index is 176. The largest absolute Gasteiger partial charge is 0.388 e. The van der Waals surface area contributed by atoms with Crippen molar-refractivity contribution in [1.29, 1.82) is 0 Å². The third kappa shape index (κ3) is 0.940. The average molecular weight is 203 g/mol. The van der Waals surface area contributed by atoms with Crippen LogP contribution in [0.2, 0.25) is 0 Å². The molecule has 1 N–H and O–H groups in total. The molecule has 0 saturated heterocycles. The number of halogens is 1. The van der Waals surface area contributed by atoms with E-state index in [1.54, 1.807) is 0 Å². The quantitative estimate of drug-likeness (QED) is 0.638. The van der Waals surface area contributed by atoms with Gasteiger partial charge in [0.05, 0.1) is 6.10 Å². The van der Waals surface area contributed by atoms with E-state index in [0.717, 1.165) is 10.4 Å². The first-order valence-corrected chi connectivity index (χ1v) is 4.62. The molecule has 0 aromatic rings. The fourth-order valence-electron chi connectivity index (χ4n) is 2.04. The zero-order chi connectivity index (χ0) is 7.14. The van der Waals surface area contributed by atoms with Crippen molar-refractivity contribution >= 4 is 15.9 Å². The summed E-state index contributed by atoms with van der Waals surface area (Å²) in [6.07, 6.45) is 5.66. The third-order valence-corrected chi connectivity index (χ3v) is 3.37. The molecule has 1 fully saturated rings. The van der Waals surface area contributed by atoms with Crippen LogP contribution in [0.1, 0.15) is 19.3 Å². The van der Waals surface area contributed by atoms with E-state index in [9.17, 15) is 5.11 Å². The second-order valence-electron chi connectivity index (χ2n) is 3.33. The number of fused-ring (bicyclic) bond motifs is 2. The summed E-state index contributed by atoms with van der Waals surface area (Å²) >= 11 is 3.39. The zero-order valence-electron chi connectivity index (χ0n) is 5.76. The maximum Gasteiger partial charge on any atom is 0.0879 e. The van der Waals surface area contributed by atoms with E-state index < -0.39 is 0 Å². The summed E-state index contributed by atoms with van der Waals surface area (Å²) in [5, 5.41) is 9.55. The highest BCUT2D eigenvalue weighted by molar-refractivity contribution is 9.11. The summed E-state index contributed by atoms with van der Waals surface area (Å²) in [4.78, 5) is 0. The molecule has 2 rings (SSSR count). The summed E-state index contributed by atoms with van der Waals surface area (Å²) in [6, 6.07) is 0. The van der Waals surface area contributed by atoms with Crippen molar-refractivity contribution in [2.45, 2.75) is 25.4 Å². The van der Waals surface area contributed by atoms with Crippen LogP contribution in [0.5, 0.6) is 0 Å². The number of allylic oxidation sites excluding steroid dienone is 1. The number of aliphatic hydroxyl groups is 1. The van der Waals surface area contributed by atoms with Crippen molar-refractivity contribution in [3.05, 3.63) is 10.6 Å². The lowest BCUT2D eigenvalue weighted by Gasteiger charge is -2.21. The van der Waals surface area contributed by atoms with E-state index in [1.807, 2.05) is 0 Å². The Morgan fingerprint density at radius 1 is 1.50 bits per heavy atom. The molecule has 0 heterocycles. The van der Waals surface area contributed by atoms with Gasteiger partial charge in [-0.1, -0.05) is 22.0 Å². The maximum atomic E-state index is 9.55. The first-order chi connectivity index (χ1) is 4.77. The van der Waals surface area contributed by atoms with Gasteiger partial charge in [-0.3, -0.25) is 0 Å². The van der Waals surface area contributed by atoms with E-state index in [0.29, 0.717) is 5.92 Å². The summed E-state index contributed by atoms with van der Waals surface area (Å²) in [6.45, 7) is 0. The van der Waals surface area contributed by atoms with E-state index in [-0.39, 0.29) is 6.10 Å². The number of aliphatic hydroxyl groups excluding tert-OH is 1. The van der Waals surface area contributed by atoms with Crippen LogP contribution in [-0.2, 0) is 0 Å². The molecule has 0 aliphatic heterocycles. The van der Waals surface area contributed by atoms with Crippen molar-refractivity contribution in [2.75, 3.05) is 0 Å². The minimum absolute atomic E-state index is 0.196. The van der Waals surface area contributed by atoms with Gasteiger partial charge >= 0.3 is 0 Å². The van der Waals surface area contributed by atoms with Gasteiger partial charge in [-0.2, -0.15) is 0 Å². The van der Waals surface area contributed by atoms with Crippen LogP contribution in [0.25, 0.3) is 0 Å². The number of rotatable bonds is 0. The van der Waals surface area contributed by atoms with Crippen molar-refractivity contribution < 1.29 is 5.11 Å². The van der Waals surface area contributed by atoms with E-state index in [1.165, 1.54) is 19.3 Å². The van der Waals surface area contributed by atoms with Crippen LogP contribution in [0.15, 0.2) is 10.6 Å². The van der Waals surface area contributed by atoms with Crippen molar-refractivity contribution in [3.8, 4) is 0 Å². The Labute approximate surface area is 69.3 Å². The lowest BCUT2D eigenvalue weighted by atomic mass is 9.93. The molecule has 0 radical (unpaired) electrons. The monoisotopic (exact) mass is 202 g/mol. The highest BCUT2D eigenvalue weighted by atomic mass is 79.9. The molecule has 1 nitrogen and oxygen atoms in total. The zero-order valence-corrected chi connectivity index (χ0v) is 7.34. The first-order valence-electron chi connectivity index (χ1n) is 3.82. The smallest absolute Gasteiger partial charge is 0.0879 e. The maximum absolute atomic E-state index is 9.55. The lowest BCUT2D eigenvalue weighted by Crippen LogP contribution is -2.21. The minimum atomic E-state index is -0.196. The molecule has 0 spiro atoms. The van der Waals surface area contributed by atoms with E-state index in [2.05, 4.69) is 22.0 Å². The topological polar surface area (TPSA) is 20.2 Å². The van der Waals surface area contributed by atoms with Gasteiger partial charge in [-0.25, -0.2) is 0 Å². The lowest BCUT2D eigenvalue weighted by molar-refractivity contribution is 0.146. The molecule has 2 bridgehead atoms. The van der Waals surface area contributed by atoms with Gasteiger partial charge in [-0.15, -0.1) is 0 Å². The second-order valence-corrected chi connectivity index (χ2v) is 4.25. The molecular weight excluding hydrogens is 192 g/mol. The number of hydrogen-bond acceptors (Lipinski definition) is 1. The van der Waals surface area contributed by atoms with Gasteiger partial charge in [-0.05, 0) is 31.1 Å². The van der Waals surface area contributed by atoms with Crippen molar-refractivity contribution in [2.24, 2.45) is 11.8 Å². The molecule has 0 aromatic carbocycles. The Balaban J connectivity index is 2.25. The van der Waals surface area contributed by atoms with Gasteiger partial charge in [0.25, 0.3) is 0 Å². The highest BCUT2D eigenvalue weighted by Crippen LogP contribution is 2.42. The first kappa shape index (κ1) is 6.86. The SMILES string of the molecule is O[C@@H]1C(Br)=C[C@@H]2CC[C@H]1C2. The van der Waals surface area contributed by atoms with E-state index in [4.69, 9.17) is 0 Å². The fourth-order valence-corrected chi connectivity index (χ4v) is 2.79. The molecule has 0 unspecified atom stereocenters. The minimum Gasteiger partial charge on any atom is -0.388 e. The van der Waals surface area contributed by atoms with Crippen molar-refractivity contribution in [3.63, 3.8) is 0 Å². The van der Waals surface area contributed by atoms with Crippen LogP contribution in [0.3, 0.4) is 0 Å².